The van der Waals surface area contributed by atoms with E-state index in [-0.39, 0.29) is 11.1 Å². The third-order valence-corrected chi connectivity index (χ3v) is 4.11. The fourth-order valence-corrected chi connectivity index (χ4v) is 3.84. The minimum absolute atomic E-state index is 0.237. The standard InChI is InChI=1S/C15H30N2O/c1-14(2)10-13(11-15(3,4)17-14)16-12-6-5-8-18-9-7-12/h12-13,16-17H,5-11H2,1-4H3. The van der Waals surface area contributed by atoms with Crippen molar-refractivity contribution in [2.24, 2.45) is 0 Å². The van der Waals surface area contributed by atoms with Crippen LogP contribution >= 0.6 is 0 Å². The first-order valence-corrected chi connectivity index (χ1v) is 7.49. The van der Waals surface area contributed by atoms with E-state index in [1.54, 1.807) is 0 Å². The van der Waals surface area contributed by atoms with Gasteiger partial charge in [-0.1, -0.05) is 0 Å². The molecule has 0 amide bonds. The summed E-state index contributed by atoms with van der Waals surface area (Å²) in [7, 11) is 0. The van der Waals surface area contributed by atoms with Crippen molar-refractivity contribution >= 4 is 0 Å². The summed E-state index contributed by atoms with van der Waals surface area (Å²) in [5.74, 6) is 0. The molecular formula is C15H30N2O. The molecule has 2 aliphatic heterocycles. The molecule has 0 aromatic rings. The first-order chi connectivity index (χ1) is 8.36. The summed E-state index contributed by atoms with van der Waals surface area (Å²) in [4.78, 5) is 0. The van der Waals surface area contributed by atoms with Crippen LogP contribution in [0.2, 0.25) is 0 Å². The molecule has 18 heavy (non-hydrogen) atoms. The molecule has 0 spiro atoms. The number of hydrogen-bond donors (Lipinski definition) is 2. The lowest BCUT2D eigenvalue weighted by atomic mass is 9.79. The second-order valence-corrected chi connectivity index (χ2v) is 7.40. The molecular weight excluding hydrogens is 224 g/mol. The zero-order chi connectivity index (χ0) is 13.2. The molecule has 2 saturated heterocycles. The maximum absolute atomic E-state index is 5.54. The molecule has 1 unspecified atom stereocenters. The van der Waals surface area contributed by atoms with Crippen LogP contribution in [0.3, 0.4) is 0 Å². The normalized spacial score (nSPS) is 33.0. The van der Waals surface area contributed by atoms with Crippen molar-refractivity contribution in [1.82, 2.24) is 10.6 Å². The topological polar surface area (TPSA) is 33.3 Å². The fraction of sp³-hybridized carbons (Fsp3) is 1.00. The number of hydrogen-bond acceptors (Lipinski definition) is 3. The Kier molecular flexibility index (Phi) is 4.35. The van der Waals surface area contributed by atoms with Crippen LogP contribution in [0.15, 0.2) is 0 Å². The summed E-state index contributed by atoms with van der Waals surface area (Å²) in [6.45, 7) is 11.1. The number of nitrogens with one attached hydrogen (secondary N) is 2. The molecule has 1 atom stereocenters. The molecule has 0 aromatic carbocycles. The van der Waals surface area contributed by atoms with Gasteiger partial charge in [0.2, 0.25) is 0 Å². The summed E-state index contributed by atoms with van der Waals surface area (Å²) in [5.41, 5.74) is 0.474. The van der Waals surface area contributed by atoms with Crippen molar-refractivity contribution in [3.63, 3.8) is 0 Å². The van der Waals surface area contributed by atoms with Crippen LogP contribution in [0.1, 0.15) is 59.8 Å². The molecule has 106 valence electrons. The van der Waals surface area contributed by atoms with Gasteiger partial charge in [-0.05, 0) is 59.8 Å². The third-order valence-electron chi connectivity index (χ3n) is 4.11. The zero-order valence-corrected chi connectivity index (χ0v) is 12.5. The molecule has 2 fully saturated rings. The molecule has 0 saturated carbocycles. The van der Waals surface area contributed by atoms with Crippen LogP contribution in [-0.2, 0) is 4.74 Å². The van der Waals surface area contributed by atoms with Gasteiger partial charge < -0.3 is 15.4 Å². The van der Waals surface area contributed by atoms with Gasteiger partial charge in [0.15, 0.2) is 0 Å². The molecule has 2 rings (SSSR count). The van der Waals surface area contributed by atoms with Crippen LogP contribution < -0.4 is 10.6 Å². The van der Waals surface area contributed by atoms with E-state index < -0.39 is 0 Å². The molecule has 0 bridgehead atoms. The Bertz CT molecular complexity index is 252. The van der Waals surface area contributed by atoms with Crippen LogP contribution in [0.25, 0.3) is 0 Å². The van der Waals surface area contributed by atoms with E-state index in [1.165, 1.54) is 32.1 Å². The first kappa shape index (κ1) is 14.3. The van der Waals surface area contributed by atoms with Gasteiger partial charge in [0, 0.05) is 36.4 Å². The summed E-state index contributed by atoms with van der Waals surface area (Å²) in [6, 6.07) is 1.29. The van der Waals surface area contributed by atoms with Crippen molar-refractivity contribution in [2.45, 2.75) is 83.0 Å². The predicted octanol–water partition coefficient (Wildman–Crippen LogP) is 2.45. The van der Waals surface area contributed by atoms with Gasteiger partial charge in [-0.25, -0.2) is 0 Å². The van der Waals surface area contributed by atoms with E-state index in [9.17, 15) is 0 Å². The van der Waals surface area contributed by atoms with E-state index >= 15 is 0 Å². The molecule has 2 N–H and O–H groups in total. The molecule has 0 aliphatic carbocycles. The maximum atomic E-state index is 5.54. The quantitative estimate of drug-likeness (QED) is 0.794. The predicted molar refractivity (Wildman–Crippen MR) is 75.9 cm³/mol. The minimum Gasteiger partial charge on any atom is -0.381 e. The van der Waals surface area contributed by atoms with Gasteiger partial charge in [0.25, 0.3) is 0 Å². The highest BCUT2D eigenvalue weighted by atomic mass is 16.5. The lowest BCUT2D eigenvalue weighted by molar-refractivity contribution is 0.130. The van der Waals surface area contributed by atoms with Crippen LogP contribution in [-0.4, -0.2) is 36.4 Å². The summed E-state index contributed by atoms with van der Waals surface area (Å²) >= 11 is 0. The maximum Gasteiger partial charge on any atom is 0.0480 e. The SMILES string of the molecule is CC1(C)CC(NC2CCCOCC2)CC(C)(C)N1. The summed E-state index contributed by atoms with van der Waals surface area (Å²) < 4.78 is 5.54. The highest BCUT2D eigenvalue weighted by molar-refractivity contribution is 5.00. The number of ether oxygens (including phenoxy) is 1. The van der Waals surface area contributed by atoms with Gasteiger partial charge in [-0.15, -0.1) is 0 Å². The Morgan fingerprint density at radius 1 is 0.944 bits per heavy atom. The Hall–Kier alpha value is -0.120. The first-order valence-electron chi connectivity index (χ1n) is 7.49. The van der Waals surface area contributed by atoms with E-state index in [0.717, 1.165) is 13.2 Å². The van der Waals surface area contributed by atoms with E-state index in [2.05, 4.69) is 38.3 Å². The van der Waals surface area contributed by atoms with Crippen LogP contribution in [0, 0.1) is 0 Å². The molecule has 3 heteroatoms. The Balaban J connectivity index is 1.91. The van der Waals surface area contributed by atoms with Crippen molar-refractivity contribution in [3.8, 4) is 0 Å². The van der Waals surface area contributed by atoms with Crippen molar-refractivity contribution in [2.75, 3.05) is 13.2 Å². The second-order valence-electron chi connectivity index (χ2n) is 7.40. The van der Waals surface area contributed by atoms with Gasteiger partial charge >= 0.3 is 0 Å². The number of piperidine rings is 1. The van der Waals surface area contributed by atoms with Gasteiger partial charge in [-0.3, -0.25) is 0 Å². The zero-order valence-electron chi connectivity index (χ0n) is 12.5. The molecule has 0 radical (unpaired) electrons. The van der Waals surface area contributed by atoms with Crippen molar-refractivity contribution in [3.05, 3.63) is 0 Å². The van der Waals surface area contributed by atoms with Crippen molar-refractivity contribution < 1.29 is 4.74 Å². The fourth-order valence-electron chi connectivity index (χ4n) is 3.84. The third kappa shape index (κ3) is 4.22. The lowest BCUT2D eigenvalue weighted by Crippen LogP contribution is -2.62. The smallest absolute Gasteiger partial charge is 0.0480 e. The highest BCUT2D eigenvalue weighted by Gasteiger charge is 2.38. The Morgan fingerprint density at radius 2 is 1.61 bits per heavy atom. The Labute approximate surface area is 112 Å². The van der Waals surface area contributed by atoms with E-state index in [0.29, 0.717) is 12.1 Å². The lowest BCUT2D eigenvalue weighted by Gasteiger charge is -2.47. The number of rotatable bonds is 2. The van der Waals surface area contributed by atoms with Crippen LogP contribution in [0.4, 0.5) is 0 Å². The van der Waals surface area contributed by atoms with Crippen LogP contribution in [0.5, 0.6) is 0 Å². The van der Waals surface area contributed by atoms with E-state index in [1.807, 2.05) is 0 Å². The molecule has 3 nitrogen and oxygen atoms in total. The average Bonchev–Trinajstić information content (AvgIpc) is 2.40. The summed E-state index contributed by atoms with van der Waals surface area (Å²) in [5, 5.41) is 7.64. The monoisotopic (exact) mass is 254 g/mol. The molecule has 2 aliphatic rings. The largest absolute Gasteiger partial charge is 0.381 e. The average molecular weight is 254 g/mol. The van der Waals surface area contributed by atoms with Gasteiger partial charge in [0.1, 0.15) is 0 Å². The summed E-state index contributed by atoms with van der Waals surface area (Å²) in [6.07, 6.45) is 6.08. The van der Waals surface area contributed by atoms with Gasteiger partial charge in [0.05, 0.1) is 0 Å². The Morgan fingerprint density at radius 3 is 2.28 bits per heavy atom. The minimum atomic E-state index is 0.237. The second kappa shape index (κ2) is 5.48. The van der Waals surface area contributed by atoms with Crippen molar-refractivity contribution in [1.29, 1.82) is 0 Å². The molecule has 2 heterocycles. The highest BCUT2D eigenvalue weighted by Crippen LogP contribution is 2.29. The molecule has 0 aromatic heterocycles. The van der Waals surface area contributed by atoms with E-state index in [4.69, 9.17) is 4.74 Å². The van der Waals surface area contributed by atoms with Gasteiger partial charge in [-0.2, -0.15) is 0 Å².